The number of rotatable bonds is 1. The molecule has 1 rings (SSSR count). The monoisotopic (exact) mass is 263 g/mol. The van der Waals surface area contributed by atoms with Crippen LogP contribution in [0.2, 0.25) is 0 Å². The summed E-state index contributed by atoms with van der Waals surface area (Å²) >= 11 is 2.13. The summed E-state index contributed by atoms with van der Waals surface area (Å²) in [6, 6.07) is 3.48. The third-order valence-corrected chi connectivity index (χ3v) is 1.59. The van der Waals surface area contributed by atoms with Crippen molar-refractivity contribution in [3.8, 4) is 5.88 Å². The summed E-state index contributed by atoms with van der Waals surface area (Å²) in [5.41, 5.74) is 0. The maximum atomic E-state index is 10.4. The van der Waals surface area contributed by atoms with Gasteiger partial charge in [0.15, 0.2) is 0 Å². The first-order chi connectivity index (χ1) is 5.18. The molecule has 4 heteroatoms. The second-order valence-electron chi connectivity index (χ2n) is 1.91. The van der Waals surface area contributed by atoms with Gasteiger partial charge in [0.2, 0.25) is 5.88 Å². The van der Waals surface area contributed by atoms with Crippen LogP contribution < -0.4 is 4.74 Å². The highest BCUT2D eigenvalue weighted by atomic mass is 127. The first-order valence-corrected chi connectivity index (χ1v) is 4.06. The van der Waals surface area contributed by atoms with Crippen molar-refractivity contribution in [2.75, 3.05) is 0 Å². The molecule has 0 aliphatic heterocycles. The van der Waals surface area contributed by atoms with Gasteiger partial charge in [-0.1, -0.05) is 0 Å². The molecule has 0 fully saturated rings. The van der Waals surface area contributed by atoms with Crippen molar-refractivity contribution in [1.82, 2.24) is 4.98 Å². The molecule has 58 valence electrons. The lowest BCUT2D eigenvalue weighted by Gasteiger charge is -1.97. The molecule has 0 spiro atoms. The quantitative estimate of drug-likeness (QED) is 0.570. The second kappa shape index (κ2) is 3.66. The molecule has 0 aromatic carbocycles. The maximum Gasteiger partial charge on any atom is 0.309 e. The number of aromatic nitrogens is 1. The van der Waals surface area contributed by atoms with Gasteiger partial charge in [-0.15, -0.1) is 0 Å². The third-order valence-electron chi connectivity index (χ3n) is 0.949. The summed E-state index contributed by atoms with van der Waals surface area (Å²) in [6.07, 6.45) is 1.64. The van der Waals surface area contributed by atoms with Gasteiger partial charge in [-0.3, -0.25) is 4.79 Å². The molecule has 0 N–H and O–H groups in total. The van der Waals surface area contributed by atoms with E-state index in [1.54, 1.807) is 12.3 Å². The molecule has 0 saturated carbocycles. The Balaban J connectivity index is 2.74. The van der Waals surface area contributed by atoms with E-state index in [4.69, 9.17) is 4.74 Å². The normalized spacial score (nSPS) is 9.27. The van der Waals surface area contributed by atoms with E-state index in [0.29, 0.717) is 5.88 Å². The maximum absolute atomic E-state index is 10.4. The van der Waals surface area contributed by atoms with E-state index in [9.17, 15) is 4.79 Å². The zero-order valence-corrected chi connectivity index (χ0v) is 8.03. The van der Waals surface area contributed by atoms with Crippen molar-refractivity contribution in [1.29, 1.82) is 0 Å². The van der Waals surface area contributed by atoms with E-state index in [1.165, 1.54) is 6.92 Å². The fourth-order valence-corrected chi connectivity index (χ4v) is 0.889. The van der Waals surface area contributed by atoms with Crippen LogP contribution in [0.4, 0.5) is 0 Å². The molecule has 0 unspecified atom stereocenters. The van der Waals surface area contributed by atoms with Gasteiger partial charge in [-0.05, 0) is 28.7 Å². The summed E-state index contributed by atoms with van der Waals surface area (Å²) in [7, 11) is 0. The van der Waals surface area contributed by atoms with Crippen LogP contribution in [-0.4, -0.2) is 11.0 Å². The first kappa shape index (κ1) is 8.45. The molecule has 0 saturated heterocycles. The molecule has 1 aromatic heterocycles. The molecular weight excluding hydrogens is 257 g/mol. The minimum atomic E-state index is -0.348. The van der Waals surface area contributed by atoms with E-state index in [-0.39, 0.29) is 5.97 Å². The Hall–Kier alpha value is -0.650. The topological polar surface area (TPSA) is 39.2 Å². The SMILES string of the molecule is CC(=O)Oc1ccc(I)cn1. The summed E-state index contributed by atoms with van der Waals surface area (Å²) < 4.78 is 5.73. The zero-order chi connectivity index (χ0) is 8.27. The summed E-state index contributed by atoms with van der Waals surface area (Å²) in [4.78, 5) is 14.3. The van der Waals surface area contributed by atoms with Gasteiger partial charge < -0.3 is 4.74 Å². The molecule has 0 aliphatic carbocycles. The highest BCUT2D eigenvalue weighted by Gasteiger charge is 1.97. The first-order valence-electron chi connectivity index (χ1n) is 2.98. The number of halogens is 1. The van der Waals surface area contributed by atoms with Crippen LogP contribution in [0.3, 0.4) is 0 Å². The van der Waals surface area contributed by atoms with Crippen LogP contribution in [0.1, 0.15) is 6.92 Å². The van der Waals surface area contributed by atoms with Crippen molar-refractivity contribution in [3.63, 3.8) is 0 Å². The average molecular weight is 263 g/mol. The molecule has 0 aliphatic rings. The van der Waals surface area contributed by atoms with Gasteiger partial charge >= 0.3 is 5.97 Å². The molecule has 0 atom stereocenters. The largest absolute Gasteiger partial charge is 0.408 e. The highest BCUT2D eigenvalue weighted by molar-refractivity contribution is 14.1. The molecule has 0 radical (unpaired) electrons. The van der Waals surface area contributed by atoms with Gasteiger partial charge in [-0.25, -0.2) is 4.98 Å². The molecule has 0 amide bonds. The number of pyridine rings is 1. The van der Waals surface area contributed by atoms with Gasteiger partial charge in [0.25, 0.3) is 0 Å². The van der Waals surface area contributed by atoms with Crippen LogP contribution in [0, 0.1) is 3.57 Å². The molecule has 11 heavy (non-hydrogen) atoms. The van der Waals surface area contributed by atoms with Crippen LogP contribution in [0.25, 0.3) is 0 Å². The number of carbonyl (C=O) groups excluding carboxylic acids is 1. The lowest BCUT2D eigenvalue weighted by atomic mass is 10.5. The number of carbonyl (C=O) groups is 1. The van der Waals surface area contributed by atoms with Gasteiger partial charge in [0.1, 0.15) is 0 Å². The number of ether oxygens (including phenoxy) is 1. The highest BCUT2D eigenvalue weighted by Crippen LogP contribution is 2.08. The van der Waals surface area contributed by atoms with Crippen molar-refractivity contribution in [3.05, 3.63) is 21.9 Å². The molecule has 3 nitrogen and oxygen atoms in total. The number of hydrogen-bond acceptors (Lipinski definition) is 3. The Morgan fingerprint density at radius 1 is 1.64 bits per heavy atom. The summed E-state index contributed by atoms with van der Waals surface area (Å²) in [6.45, 7) is 1.35. The molecule has 0 bridgehead atoms. The Morgan fingerprint density at radius 3 is 2.82 bits per heavy atom. The molecule has 1 heterocycles. The van der Waals surface area contributed by atoms with Gasteiger partial charge in [-0.2, -0.15) is 0 Å². The second-order valence-corrected chi connectivity index (χ2v) is 3.15. The summed E-state index contributed by atoms with van der Waals surface area (Å²) in [5, 5.41) is 0. The zero-order valence-electron chi connectivity index (χ0n) is 5.87. The predicted molar refractivity (Wildman–Crippen MR) is 48.3 cm³/mol. The average Bonchev–Trinajstić information content (AvgIpc) is 1.93. The number of nitrogens with zero attached hydrogens (tertiary/aromatic N) is 1. The summed E-state index contributed by atoms with van der Waals surface area (Å²) in [5.74, 6) is -0.00313. The standard InChI is InChI=1S/C7H6INO2/c1-5(10)11-7-3-2-6(8)4-9-7/h2-4H,1H3. The van der Waals surface area contributed by atoms with Crippen molar-refractivity contribution in [2.45, 2.75) is 6.92 Å². The van der Waals surface area contributed by atoms with E-state index >= 15 is 0 Å². The lowest BCUT2D eigenvalue weighted by Crippen LogP contribution is -2.02. The Bertz CT molecular complexity index is 258. The van der Waals surface area contributed by atoms with Gasteiger partial charge in [0, 0.05) is 22.8 Å². The fraction of sp³-hybridized carbons (Fsp3) is 0.143. The Labute approximate surface area is 77.9 Å². The smallest absolute Gasteiger partial charge is 0.309 e. The van der Waals surface area contributed by atoms with Crippen LogP contribution in [0.15, 0.2) is 18.3 Å². The number of hydrogen-bond donors (Lipinski definition) is 0. The van der Waals surface area contributed by atoms with Gasteiger partial charge in [0.05, 0.1) is 0 Å². The van der Waals surface area contributed by atoms with E-state index in [0.717, 1.165) is 3.57 Å². The molecule has 1 aromatic rings. The van der Waals surface area contributed by atoms with E-state index < -0.39 is 0 Å². The fourth-order valence-electron chi connectivity index (χ4n) is 0.570. The molecular formula is C7H6INO2. The Morgan fingerprint density at radius 2 is 2.36 bits per heavy atom. The van der Waals surface area contributed by atoms with Crippen LogP contribution >= 0.6 is 22.6 Å². The third kappa shape index (κ3) is 2.83. The van der Waals surface area contributed by atoms with Crippen molar-refractivity contribution < 1.29 is 9.53 Å². The number of esters is 1. The van der Waals surface area contributed by atoms with Crippen molar-refractivity contribution >= 4 is 28.6 Å². The lowest BCUT2D eigenvalue weighted by molar-refractivity contribution is -0.132. The predicted octanol–water partition coefficient (Wildman–Crippen LogP) is 1.61. The Kier molecular flexibility index (Phi) is 2.81. The minimum absolute atomic E-state index is 0.345. The van der Waals surface area contributed by atoms with Crippen LogP contribution in [-0.2, 0) is 4.79 Å². The van der Waals surface area contributed by atoms with Crippen LogP contribution in [0.5, 0.6) is 5.88 Å². The van der Waals surface area contributed by atoms with Crippen molar-refractivity contribution in [2.24, 2.45) is 0 Å². The van der Waals surface area contributed by atoms with E-state index in [1.807, 2.05) is 6.07 Å². The van der Waals surface area contributed by atoms with E-state index in [2.05, 4.69) is 27.6 Å². The minimum Gasteiger partial charge on any atom is -0.408 e.